The van der Waals surface area contributed by atoms with Gasteiger partial charge in [-0.15, -0.1) is 0 Å². The molecule has 0 radical (unpaired) electrons. The van der Waals surface area contributed by atoms with E-state index in [4.69, 9.17) is 9.47 Å². The number of ether oxygens (including phenoxy) is 2. The lowest BCUT2D eigenvalue weighted by molar-refractivity contribution is -0.137. The van der Waals surface area contributed by atoms with Crippen molar-refractivity contribution in [2.24, 2.45) is 0 Å². The zero-order valence-electron chi connectivity index (χ0n) is 15.9. The molecule has 4 nitrogen and oxygen atoms in total. The number of carbonyl (C=O) groups excluding carboxylic acids is 1. The highest BCUT2D eigenvalue weighted by atomic mass is 19.4. The summed E-state index contributed by atoms with van der Waals surface area (Å²) in [6.07, 6.45) is -3.18. The van der Waals surface area contributed by atoms with Crippen molar-refractivity contribution in [3.63, 3.8) is 0 Å². The Hall–Kier alpha value is -2.54. The Morgan fingerprint density at radius 3 is 2.66 bits per heavy atom. The summed E-state index contributed by atoms with van der Waals surface area (Å²) in [5.74, 6) is 1.32. The molecule has 0 amide bonds. The van der Waals surface area contributed by atoms with Gasteiger partial charge in [0, 0.05) is 25.1 Å². The van der Waals surface area contributed by atoms with Crippen LogP contribution in [0, 0.1) is 0 Å². The predicted molar refractivity (Wildman–Crippen MR) is 102 cm³/mol. The summed E-state index contributed by atoms with van der Waals surface area (Å²) in [5, 5.41) is 0. The van der Waals surface area contributed by atoms with Crippen LogP contribution in [0.15, 0.2) is 42.5 Å². The van der Waals surface area contributed by atoms with Crippen molar-refractivity contribution in [3.8, 4) is 11.5 Å². The van der Waals surface area contributed by atoms with Crippen molar-refractivity contribution >= 4 is 5.78 Å². The van der Waals surface area contributed by atoms with Gasteiger partial charge in [-0.2, -0.15) is 13.2 Å². The Kier molecular flexibility index (Phi) is 5.50. The quantitative estimate of drug-likeness (QED) is 0.685. The first-order valence-electron chi connectivity index (χ1n) is 9.72. The van der Waals surface area contributed by atoms with Crippen LogP contribution in [0.3, 0.4) is 0 Å². The Morgan fingerprint density at radius 2 is 1.86 bits per heavy atom. The lowest BCUT2D eigenvalue weighted by Crippen LogP contribution is -2.24. The summed E-state index contributed by atoms with van der Waals surface area (Å²) in [4.78, 5) is 14.7. The van der Waals surface area contributed by atoms with Crippen molar-refractivity contribution in [2.45, 2.75) is 24.9 Å². The molecule has 0 aliphatic carbocycles. The summed E-state index contributed by atoms with van der Waals surface area (Å²) in [6.45, 7) is 2.99. The fourth-order valence-electron chi connectivity index (χ4n) is 3.90. The molecule has 0 spiro atoms. The number of benzene rings is 2. The Morgan fingerprint density at radius 1 is 1.07 bits per heavy atom. The van der Waals surface area contributed by atoms with E-state index < -0.39 is 11.7 Å². The van der Waals surface area contributed by atoms with Crippen molar-refractivity contribution in [1.29, 1.82) is 0 Å². The van der Waals surface area contributed by atoms with Gasteiger partial charge in [0.1, 0.15) is 13.2 Å². The van der Waals surface area contributed by atoms with Gasteiger partial charge in [-0.3, -0.25) is 4.79 Å². The van der Waals surface area contributed by atoms with E-state index in [1.54, 1.807) is 24.3 Å². The third-order valence-corrected chi connectivity index (χ3v) is 5.48. The second-order valence-electron chi connectivity index (χ2n) is 7.44. The number of fused-ring (bicyclic) bond motifs is 1. The highest BCUT2D eigenvalue weighted by Crippen LogP contribution is 2.34. The van der Waals surface area contributed by atoms with Crippen LogP contribution in [0.5, 0.6) is 11.5 Å². The molecule has 1 saturated heterocycles. The van der Waals surface area contributed by atoms with E-state index in [2.05, 4.69) is 4.90 Å². The van der Waals surface area contributed by atoms with Gasteiger partial charge in [0.2, 0.25) is 0 Å². The predicted octanol–water partition coefficient (Wildman–Crippen LogP) is 4.54. The largest absolute Gasteiger partial charge is 0.486 e. The van der Waals surface area contributed by atoms with Crippen LogP contribution in [0.2, 0.25) is 0 Å². The second-order valence-corrected chi connectivity index (χ2v) is 7.44. The number of halogens is 3. The van der Waals surface area contributed by atoms with Crippen molar-refractivity contribution in [3.05, 3.63) is 59.2 Å². The van der Waals surface area contributed by atoms with E-state index in [1.807, 2.05) is 0 Å². The molecule has 1 atom stereocenters. The molecule has 0 aromatic heterocycles. The Bertz CT molecular complexity index is 897. The molecular formula is C22H22F3NO3. The van der Waals surface area contributed by atoms with Crippen LogP contribution in [0.4, 0.5) is 13.2 Å². The van der Waals surface area contributed by atoms with Gasteiger partial charge >= 0.3 is 6.18 Å². The van der Waals surface area contributed by atoms with Gasteiger partial charge in [-0.05, 0) is 48.7 Å². The SMILES string of the molecule is O=C(CCN1CCC(c2cccc(C(F)(F)F)c2)C1)c1ccc2c(c1)OCCO2. The number of Topliss-reactive ketones (excluding diaryl/α,β-unsaturated/α-hetero) is 1. The standard InChI is InChI=1S/C22H22F3NO3/c23-22(24,25)18-3-1-2-15(12-18)17-6-8-26(14-17)9-7-19(27)16-4-5-20-21(13-16)29-11-10-28-20/h1-5,12-13,17H,6-11,14H2. The summed E-state index contributed by atoms with van der Waals surface area (Å²) in [5.41, 5.74) is 0.686. The summed E-state index contributed by atoms with van der Waals surface area (Å²) in [6, 6.07) is 10.8. The van der Waals surface area contributed by atoms with Gasteiger partial charge in [-0.1, -0.05) is 18.2 Å². The summed E-state index contributed by atoms with van der Waals surface area (Å²) in [7, 11) is 0. The van der Waals surface area contributed by atoms with Crippen molar-refractivity contribution < 1.29 is 27.4 Å². The van der Waals surface area contributed by atoms with Gasteiger partial charge in [0.15, 0.2) is 17.3 Å². The van der Waals surface area contributed by atoms with E-state index in [1.165, 1.54) is 12.1 Å². The fraction of sp³-hybridized carbons (Fsp3) is 0.409. The zero-order valence-corrected chi connectivity index (χ0v) is 15.9. The van der Waals surface area contributed by atoms with Gasteiger partial charge < -0.3 is 14.4 Å². The molecule has 2 aromatic rings. The second kappa shape index (κ2) is 8.06. The van der Waals surface area contributed by atoms with E-state index in [9.17, 15) is 18.0 Å². The van der Waals surface area contributed by atoms with Crippen LogP contribution in [0.25, 0.3) is 0 Å². The smallest absolute Gasteiger partial charge is 0.416 e. The van der Waals surface area contributed by atoms with Crippen LogP contribution >= 0.6 is 0 Å². The van der Waals surface area contributed by atoms with Crippen LogP contribution < -0.4 is 9.47 Å². The van der Waals surface area contributed by atoms with Crippen LogP contribution in [-0.4, -0.2) is 43.5 Å². The number of hydrogen-bond donors (Lipinski definition) is 0. The maximum Gasteiger partial charge on any atom is 0.416 e. The van der Waals surface area contributed by atoms with Gasteiger partial charge in [0.05, 0.1) is 5.56 Å². The summed E-state index contributed by atoms with van der Waals surface area (Å²) >= 11 is 0. The Balaban J connectivity index is 1.33. The number of rotatable bonds is 5. The van der Waals surface area contributed by atoms with Gasteiger partial charge in [0.25, 0.3) is 0 Å². The number of hydrogen-bond acceptors (Lipinski definition) is 4. The van der Waals surface area contributed by atoms with E-state index in [-0.39, 0.29) is 11.7 Å². The molecule has 7 heteroatoms. The zero-order chi connectivity index (χ0) is 20.4. The van der Waals surface area contributed by atoms with Crippen molar-refractivity contribution in [1.82, 2.24) is 4.90 Å². The van der Waals surface area contributed by atoms with Crippen LogP contribution in [-0.2, 0) is 6.18 Å². The van der Waals surface area contributed by atoms with E-state index in [0.717, 1.165) is 19.0 Å². The topological polar surface area (TPSA) is 38.8 Å². The monoisotopic (exact) mass is 405 g/mol. The Labute approximate surface area is 167 Å². The number of carbonyl (C=O) groups is 1. The number of nitrogens with zero attached hydrogens (tertiary/aromatic N) is 1. The average Bonchev–Trinajstić information content (AvgIpc) is 3.20. The molecule has 1 unspecified atom stereocenters. The third-order valence-electron chi connectivity index (χ3n) is 5.48. The van der Waals surface area contributed by atoms with Crippen molar-refractivity contribution in [2.75, 3.05) is 32.8 Å². The first-order valence-corrected chi connectivity index (χ1v) is 9.72. The fourth-order valence-corrected chi connectivity index (χ4v) is 3.90. The lowest BCUT2D eigenvalue weighted by Gasteiger charge is -2.19. The maximum atomic E-state index is 12.9. The highest BCUT2D eigenvalue weighted by Gasteiger charge is 2.32. The molecule has 0 N–H and O–H groups in total. The molecule has 2 heterocycles. The minimum Gasteiger partial charge on any atom is -0.486 e. The number of likely N-dealkylation sites (tertiary alicyclic amines) is 1. The van der Waals surface area contributed by atoms with E-state index in [0.29, 0.717) is 55.4 Å². The lowest BCUT2D eigenvalue weighted by atomic mass is 9.96. The molecular weight excluding hydrogens is 383 g/mol. The molecule has 2 aromatic carbocycles. The number of alkyl halides is 3. The first kappa shape index (κ1) is 19.8. The molecule has 0 bridgehead atoms. The molecule has 0 saturated carbocycles. The average molecular weight is 405 g/mol. The van der Waals surface area contributed by atoms with Gasteiger partial charge in [-0.25, -0.2) is 0 Å². The minimum atomic E-state index is -4.33. The van der Waals surface area contributed by atoms with Crippen LogP contribution in [0.1, 0.15) is 40.2 Å². The third kappa shape index (κ3) is 4.56. The molecule has 29 heavy (non-hydrogen) atoms. The molecule has 1 fully saturated rings. The molecule has 4 rings (SSSR count). The molecule has 2 aliphatic heterocycles. The normalized spacial score (nSPS) is 19.3. The highest BCUT2D eigenvalue weighted by molar-refractivity contribution is 5.96. The maximum absolute atomic E-state index is 12.9. The molecule has 2 aliphatic rings. The minimum absolute atomic E-state index is 0.0180. The van der Waals surface area contributed by atoms with E-state index >= 15 is 0 Å². The molecule has 154 valence electrons. The number of ketones is 1. The first-order chi connectivity index (χ1) is 13.9. The summed E-state index contributed by atoms with van der Waals surface area (Å²) < 4.78 is 49.8.